The van der Waals surface area contributed by atoms with Crippen molar-refractivity contribution in [3.8, 4) is 0 Å². The Kier molecular flexibility index (Phi) is 4.24. The lowest BCUT2D eigenvalue weighted by Gasteiger charge is -2.49. The van der Waals surface area contributed by atoms with Crippen LogP contribution in [0.2, 0.25) is 0 Å². The summed E-state index contributed by atoms with van der Waals surface area (Å²) in [4.78, 5) is 50.7. The molecule has 4 amide bonds. The van der Waals surface area contributed by atoms with Crippen molar-refractivity contribution >= 4 is 23.6 Å². The predicted molar refractivity (Wildman–Crippen MR) is 104 cm³/mol. The van der Waals surface area contributed by atoms with E-state index in [4.69, 9.17) is 0 Å². The van der Waals surface area contributed by atoms with Gasteiger partial charge in [0, 0.05) is 29.6 Å². The summed E-state index contributed by atoms with van der Waals surface area (Å²) < 4.78 is 14.4. The number of imide groups is 1. The van der Waals surface area contributed by atoms with Gasteiger partial charge in [0.15, 0.2) is 0 Å². The van der Waals surface area contributed by atoms with Gasteiger partial charge in [-0.1, -0.05) is 0 Å². The van der Waals surface area contributed by atoms with Crippen molar-refractivity contribution in [2.24, 2.45) is 0 Å². The molecule has 2 aliphatic heterocycles. The smallest absolute Gasteiger partial charge is 0.255 e. The molecule has 0 radical (unpaired) electrons. The first-order valence-corrected chi connectivity index (χ1v) is 10.6. The molecule has 1 aromatic rings. The van der Waals surface area contributed by atoms with Crippen LogP contribution in [0.3, 0.4) is 0 Å². The summed E-state index contributed by atoms with van der Waals surface area (Å²) in [6.45, 7) is 0.233. The molecule has 3 aliphatic carbocycles. The maximum atomic E-state index is 14.4. The Labute approximate surface area is 173 Å². The van der Waals surface area contributed by atoms with Gasteiger partial charge in [0.2, 0.25) is 11.8 Å². The van der Waals surface area contributed by atoms with Crippen LogP contribution in [-0.4, -0.2) is 45.8 Å². The van der Waals surface area contributed by atoms with Gasteiger partial charge in [-0.05, 0) is 68.7 Å². The minimum atomic E-state index is -1.06. The van der Waals surface area contributed by atoms with E-state index in [0.29, 0.717) is 61.6 Å². The standard InChI is InChI=1S/C22H24FN3O4/c23-21-5-8-22(9-6-21,10-7-21)25-18(28)13-1-2-15-14(11-13)12-26(20(15)30)16-3-4-17(27)24-19(16)29/h1-2,11,16H,3-10,12H2,(H,25,28)(H,24,27,29). The van der Waals surface area contributed by atoms with Crippen LogP contribution in [0.25, 0.3) is 0 Å². The number of fused-ring (bicyclic) bond motifs is 4. The van der Waals surface area contributed by atoms with Gasteiger partial charge < -0.3 is 10.2 Å². The van der Waals surface area contributed by atoms with Gasteiger partial charge in [0.05, 0.1) is 0 Å². The van der Waals surface area contributed by atoms with E-state index in [1.54, 1.807) is 18.2 Å². The molecule has 5 aliphatic rings. The summed E-state index contributed by atoms with van der Waals surface area (Å²) in [5.74, 6) is -1.25. The summed E-state index contributed by atoms with van der Waals surface area (Å²) in [5, 5.41) is 5.42. The van der Waals surface area contributed by atoms with E-state index in [0.717, 1.165) is 0 Å². The van der Waals surface area contributed by atoms with E-state index in [1.165, 1.54) is 4.90 Å². The van der Waals surface area contributed by atoms with Crippen molar-refractivity contribution in [1.29, 1.82) is 0 Å². The Morgan fingerprint density at radius 1 is 1.10 bits per heavy atom. The van der Waals surface area contributed by atoms with Crippen LogP contribution in [-0.2, 0) is 16.1 Å². The SMILES string of the molecule is O=C1CCC(N2Cc3cc(C(=O)NC45CCC(F)(CC4)CC5)ccc3C2=O)C(=O)N1. The van der Waals surface area contributed by atoms with Gasteiger partial charge in [0.1, 0.15) is 11.7 Å². The fourth-order valence-corrected chi connectivity index (χ4v) is 5.36. The van der Waals surface area contributed by atoms with E-state index in [2.05, 4.69) is 10.6 Å². The summed E-state index contributed by atoms with van der Waals surface area (Å²) in [6, 6.07) is 4.28. The molecule has 3 saturated carbocycles. The van der Waals surface area contributed by atoms with Gasteiger partial charge in [-0.3, -0.25) is 24.5 Å². The lowest BCUT2D eigenvalue weighted by atomic mass is 9.64. The number of hydrogen-bond donors (Lipinski definition) is 2. The monoisotopic (exact) mass is 413 g/mol. The molecular formula is C22H24FN3O4. The van der Waals surface area contributed by atoms with Crippen molar-refractivity contribution in [2.45, 2.75) is 75.2 Å². The average molecular weight is 413 g/mol. The van der Waals surface area contributed by atoms with Crippen molar-refractivity contribution in [2.75, 3.05) is 0 Å². The summed E-state index contributed by atoms with van der Waals surface area (Å²) in [7, 11) is 0. The normalized spacial score (nSPS) is 32.8. The number of hydrogen-bond acceptors (Lipinski definition) is 4. The second-order valence-corrected chi connectivity index (χ2v) is 9.16. The van der Waals surface area contributed by atoms with E-state index in [-0.39, 0.29) is 36.2 Å². The molecule has 6 rings (SSSR count). The zero-order valence-electron chi connectivity index (χ0n) is 16.6. The number of piperidine rings is 1. The highest BCUT2D eigenvalue weighted by Crippen LogP contribution is 2.49. The molecule has 8 heteroatoms. The number of carbonyl (C=O) groups is 4. The molecule has 0 aromatic heterocycles. The Balaban J connectivity index is 1.31. The van der Waals surface area contributed by atoms with Crippen LogP contribution in [0.1, 0.15) is 77.6 Å². The molecule has 158 valence electrons. The first kappa shape index (κ1) is 19.2. The van der Waals surface area contributed by atoms with Gasteiger partial charge in [-0.15, -0.1) is 0 Å². The third kappa shape index (κ3) is 3.09. The van der Waals surface area contributed by atoms with Crippen LogP contribution in [0.15, 0.2) is 18.2 Å². The number of nitrogens with zero attached hydrogens (tertiary/aromatic N) is 1. The molecular weight excluding hydrogens is 389 g/mol. The number of amides is 4. The molecule has 4 fully saturated rings. The largest absolute Gasteiger partial charge is 0.347 e. The Bertz CT molecular complexity index is 951. The van der Waals surface area contributed by atoms with Gasteiger partial charge in [0.25, 0.3) is 11.8 Å². The molecule has 0 spiro atoms. The number of nitrogens with one attached hydrogen (secondary N) is 2. The van der Waals surface area contributed by atoms with Crippen molar-refractivity contribution in [3.05, 3.63) is 34.9 Å². The molecule has 1 saturated heterocycles. The predicted octanol–water partition coefficient (Wildman–Crippen LogP) is 1.99. The molecule has 7 nitrogen and oxygen atoms in total. The molecule has 2 bridgehead atoms. The highest BCUT2D eigenvalue weighted by atomic mass is 19.1. The Morgan fingerprint density at radius 3 is 2.47 bits per heavy atom. The highest BCUT2D eigenvalue weighted by Gasteiger charge is 2.49. The molecule has 1 atom stereocenters. The van der Waals surface area contributed by atoms with Crippen LogP contribution in [0.4, 0.5) is 4.39 Å². The third-order valence-corrected chi connectivity index (χ3v) is 7.32. The lowest BCUT2D eigenvalue weighted by molar-refractivity contribution is -0.136. The number of benzene rings is 1. The minimum Gasteiger partial charge on any atom is -0.347 e. The van der Waals surface area contributed by atoms with E-state index in [1.807, 2.05) is 0 Å². The van der Waals surface area contributed by atoms with Gasteiger partial charge in [-0.2, -0.15) is 0 Å². The quantitative estimate of drug-likeness (QED) is 0.741. The fraction of sp³-hybridized carbons (Fsp3) is 0.545. The van der Waals surface area contributed by atoms with Crippen LogP contribution in [0.5, 0.6) is 0 Å². The fourth-order valence-electron chi connectivity index (χ4n) is 5.36. The first-order chi connectivity index (χ1) is 14.3. The van der Waals surface area contributed by atoms with Crippen molar-refractivity contribution in [1.82, 2.24) is 15.5 Å². The highest BCUT2D eigenvalue weighted by molar-refractivity contribution is 6.06. The second kappa shape index (κ2) is 6.62. The van der Waals surface area contributed by atoms with E-state index in [9.17, 15) is 23.6 Å². The van der Waals surface area contributed by atoms with Crippen LogP contribution >= 0.6 is 0 Å². The number of halogens is 1. The van der Waals surface area contributed by atoms with Crippen molar-refractivity contribution in [3.63, 3.8) is 0 Å². The Morgan fingerprint density at radius 2 is 1.80 bits per heavy atom. The Hall–Kier alpha value is -2.77. The maximum Gasteiger partial charge on any atom is 0.255 e. The molecule has 1 aromatic carbocycles. The topological polar surface area (TPSA) is 95.6 Å². The van der Waals surface area contributed by atoms with Crippen LogP contribution < -0.4 is 10.6 Å². The van der Waals surface area contributed by atoms with E-state index >= 15 is 0 Å². The number of alkyl halides is 1. The zero-order chi connectivity index (χ0) is 21.1. The van der Waals surface area contributed by atoms with Gasteiger partial charge in [-0.25, -0.2) is 4.39 Å². The summed E-state index contributed by atoms with van der Waals surface area (Å²) >= 11 is 0. The molecule has 2 N–H and O–H groups in total. The summed E-state index contributed by atoms with van der Waals surface area (Å²) in [5.41, 5.74) is 0.249. The minimum absolute atomic E-state index is 0.201. The third-order valence-electron chi connectivity index (χ3n) is 7.32. The zero-order valence-corrected chi connectivity index (χ0v) is 16.6. The first-order valence-electron chi connectivity index (χ1n) is 10.6. The maximum absolute atomic E-state index is 14.4. The molecule has 1 unspecified atom stereocenters. The lowest BCUT2D eigenvalue weighted by Crippen LogP contribution is -2.57. The second-order valence-electron chi connectivity index (χ2n) is 9.16. The van der Waals surface area contributed by atoms with Crippen LogP contribution in [0, 0.1) is 0 Å². The average Bonchev–Trinajstić information content (AvgIpc) is 3.05. The molecule has 2 heterocycles. The number of rotatable bonds is 3. The number of carbonyl (C=O) groups excluding carboxylic acids is 4. The summed E-state index contributed by atoms with van der Waals surface area (Å²) in [6.07, 6.45) is 3.95. The molecule has 30 heavy (non-hydrogen) atoms. The van der Waals surface area contributed by atoms with E-state index < -0.39 is 17.6 Å². The van der Waals surface area contributed by atoms with Crippen molar-refractivity contribution < 1.29 is 23.6 Å². The van der Waals surface area contributed by atoms with Gasteiger partial charge >= 0.3 is 0 Å².